The van der Waals surface area contributed by atoms with Crippen LogP contribution >= 0.6 is 11.8 Å². The highest BCUT2D eigenvalue weighted by atomic mass is 32.2. The topological polar surface area (TPSA) is 103 Å². The number of nitrogens with one attached hydrogen (secondary N) is 3. The van der Waals surface area contributed by atoms with Gasteiger partial charge in [-0.1, -0.05) is 81.4 Å². The molecular weight excluding hydrogens is 544 g/mol. The summed E-state index contributed by atoms with van der Waals surface area (Å²) in [6.45, 7) is 26.2. The van der Waals surface area contributed by atoms with E-state index in [0.717, 1.165) is 41.4 Å². The zero-order valence-electron chi connectivity index (χ0n) is 28.1. The second-order valence-corrected chi connectivity index (χ2v) is 8.50. The monoisotopic (exact) mass is 600 g/mol. The molecule has 10 heteroatoms. The molecule has 0 atom stereocenters. The predicted molar refractivity (Wildman–Crippen MR) is 183 cm³/mol. The Labute approximate surface area is 259 Å². The van der Waals surface area contributed by atoms with E-state index in [2.05, 4.69) is 44.7 Å². The first-order chi connectivity index (χ1) is 20.6. The number of anilines is 2. The molecule has 0 fully saturated rings. The Morgan fingerprint density at radius 3 is 2.26 bits per heavy atom. The molecule has 0 spiro atoms. The van der Waals surface area contributed by atoms with Crippen molar-refractivity contribution in [3.63, 3.8) is 0 Å². The van der Waals surface area contributed by atoms with Gasteiger partial charge in [0.05, 0.1) is 12.7 Å². The average Bonchev–Trinajstić information content (AvgIpc) is 3.75. The van der Waals surface area contributed by atoms with Crippen LogP contribution < -0.4 is 10.6 Å². The summed E-state index contributed by atoms with van der Waals surface area (Å²) in [7, 11) is 0. The molecule has 3 rings (SSSR count). The van der Waals surface area contributed by atoms with Gasteiger partial charge < -0.3 is 10.6 Å². The Hall–Kier alpha value is -3.37. The number of aromatic nitrogens is 5. The number of allylic oxidation sites excluding steroid dienone is 4. The lowest BCUT2D eigenvalue weighted by molar-refractivity contribution is -0.121. The highest BCUT2D eigenvalue weighted by Crippen LogP contribution is 2.28. The van der Waals surface area contributed by atoms with Gasteiger partial charge in [0.15, 0.2) is 5.82 Å². The maximum absolute atomic E-state index is 12.4. The van der Waals surface area contributed by atoms with Crippen molar-refractivity contribution in [3.05, 3.63) is 65.5 Å². The van der Waals surface area contributed by atoms with Crippen LogP contribution in [0.2, 0.25) is 0 Å². The molecule has 236 valence electrons. The summed E-state index contributed by atoms with van der Waals surface area (Å²) in [4.78, 5) is 20.2. The third-order valence-electron chi connectivity index (χ3n) is 5.00. The molecule has 0 unspecified atom stereocenters. The minimum Gasteiger partial charge on any atom is -0.325 e. The van der Waals surface area contributed by atoms with Gasteiger partial charge in [-0.15, -0.1) is 5.10 Å². The van der Waals surface area contributed by atoms with Gasteiger partial charge in [-0.05, 0) is 69.4 Å². The normalized spacial score (nSPS) is 10.9. The molecule has 0 saturated heterocycles. The smallest absolute Gasteiger partial charge is 0.238 e. The van der Waals surface area contributed by atoms with Gasteiger partial charge in [0.2, 0.25) is 11.1 Å². The third-order valence-corrected chi connectivity index (χ3v) is 5.96. The molecule has 3 heterocycles. The summed E-state index contributed by atoms with van der Waals surface area (Å²) >= 11 is 1.44. The number of rotatable bonds is 12. The fraction of sp³-hybridized carbons (Fsp3) is 0.500. The molecule has 1 amide bonds. The van der Waals surface area contributed by atoms with E-state index >= 15 is 0 Å². The molecule has 0 saturated carbocycles. The zero-order chi connectivity index (χ0) is 32.3. The number of amides is 1. The number of likely N-dealkylation sites (N-methyl/N-ethyl adjacent to an activating group) is 1. The van der Waals surface area contributed by atoms with Crippen molar-refractivity contribution >= 4 is 34.8 Å². The minimum atomic E-state index is -0.0151. The number of carbonyl (C=O) groups is 1. The van der Waals surface area contributed by atoms with Crippen LogP contribution in [-0.2, 0) is 4.79 Å². The van der Waals surface area contributed by atoms with Gasteiger partial charge in [0.1, 0.15) is 11.3 Å². The van der Waals surface area contributed by atoms with Gasteiger partial charge in [-0.2, -0.15) is 5.10 Å². The van der Waals surface area contributed by atoms with Gasteiger partial charge in [-0.3, -0.25) is 14.8 Å². The summed E-state index contributed by atoms with van der Waals surface area (Å²) in [6, 6.07) is 5.71. The van der Waals surface area contributed by atoms with Crippen molar-refractivity contribution in [1.29, 1.82) is 0 Å². The lowest BCUT2D eigenvalue weighted by Gasteiger charge is -2.18. The Morgan fingerprint density at radius 2 is 1.71 bits per heavy atom. The van der Waals surface area contributed by atoms with E-state index in [1.54, 1.807) is 10.7 Å². The summed E-state index contributed by atoms with van der Waals surface area (Å²) < 4.78 is 1.79. The summed E-state index contributed by atoms with van der Waals surface area (Å²) in [6.07, 6.45) is 12.3. The van der Waals surface area contributed by atoms with Crippen LogP contribution in [-0.4, -0.2) is 55.2 Å². The first kappa shape index (κ1) is 40.8. The van der Waals surface area contributed by atoms with Gasteiger partial charge in [-0.25, -0.2) is 9.50 Å². The Bertz CT molecular complexity index is 1170. The van der Waals surface area contributed by atoms with E-state index in [1.165, 1.54) is 11.8 Å². The number of carbonyl (C=O) groups excluding carboxylic acids is 1. The van der Waals surface area contributed by atoms with Crippen LogP contribution in [0.4, 0.5) is 11.6 Å². The number of H-pyrrole nitrogens is 1. The first-order valence-electron chi connectivity index (χ1n) is 15.4. The van der Waals surface area contributed by atoms with E-state index in [4.69, 9.17) is 4.98 Å². The molecule has 0 radical (unpaired) electrons. The first-order valence-corrected chi connectivity index (χ1v) is 16.2. The summed E-state index contributed by atoms with van der Waals surface area (Å²) in [5.74, 6) is 1.41. The second-order valence-electron chi connectivity index (χ2n) is 7.46. The fourth-order valence-corrected chi connectivity index (χ4v) is 3.98. The second kappa shape index (κ2) is 26.5. The van der Waals surface area contributed by atoms with Crippen molar-refractivity contribution in [3.8, 4) is 0 Å². The van der Waals surface area contributed by atoms with Crippen molar-refractivity contribution in [2.24, 2.45) is 0 Å². The van der Waals surface area contributed by atoms with E-state index in [1.807, 2.05) is 118 Å². The molecule has 0 aromatic carbocycles. The number of thioether (sulfide) groups is 1. The van der Waals surface area contributed by atoms with E-state index in [-0.39, 0.29) is 5.91 Å². The van der Waals surface area contributed by atoms with Gasteiger partial charge >= 0.3 is 0 Å². The van der Waals surface area contributed by atoms with Crippen LogP contribution in [0.1, 0.15) is 89.5 Å². The van der Waals surface area contributed by atoms with E-state index in [0.29, 0.717) is 17.5 Å². The standard InChI is InChI=1S/C24H32N8OS.4C2H6/c1-5-15-31(8-4)17-22(33)26-18(6-2)11-12-19(7-3)34-24-28-23(27-21-13-14-25-29-21)20-10-9-16-32(20)30-24;4*1-2/h6-7,9-14,16H,5,8,15,17H2,1-4H3,(H,26,33)(H2,25,27,28,29,30);4*1-2H3/b12-11-,18-6+,19-7+;;;;. The molecule has 0 bridgehead atoms. The van der Waals surface area contributed by atoms with Crippen LogP contribution in [0.3, 0.4) is 0 Å². The molecule has 3 N–H and O–H groups in total. The quantitative estimate of drug-likeness (QED) is 0.141. The lowest BCUT2D eigenvalue weighted by Crippen LogP contribution is -2.36. The Balaban J connectivity index is 0. The highest BCUT2D eigenvalue weighted by Gasteiger charge is 2.11. The number of nitrogens with zero attached hydrogens (tertiary/aromatic N) is 5. The number of fused-ring (bicyclic) bond motifs is 1. The maximum atomic E-state index is 12.4. The maximum Gasteiger partial charge on any atom is 0.238 e. The molecule has 9 nitrogen and oxygen atoms in total. The van der Waals surface area contributed by atoms with Crippen molar-refractivity contribution < 1.29 is 4.79 Å². The largest absolute Gasteiger partial charge is 0.325 e. The summed E-state index contributed by atoms with van der Waals surface area (Å²) in [5.41, 5.74) is 1.61. The lowest BCUT2D eigenvalue weighted by atomic mass is 10.3. The van der Waals surface area contributed by atoms with Crippen LogP contribution in [0.5, 0.6) is 0 Å². The van der Waals surface area contributed by atoms with Crippen LogP contribution in [0, 0.1) is 0 Å². The SMILES string of the molecule is CC.CC.CC.CC.C\C=C(/C=C\C(=C/C)Sc1nc(Nc2ccn[nH]2)c2cccn2n1)NC(=O)CN(CC)CCC. The predicted octanol–water partition coefficient (Wildman–Crippen LogP) is 8.60. The minimum absolute atomic E-state index is 0.0151. The average molecular weight is 601 g/mol. The number of hydrogen-bond acceptors (Lipinski definition) is 7. The summed E-state index contributed by atoms with van der Waals surface area (Å²) in [5, 5.41) is 18.3. The fourth-order valence-electron chi connectivity index (χ4n) is 3.25. The molecule has 0 aliphatic heterocycles. The molecule has 0 aliphatic carbocycles. The van der Waals surface area contributed by atoms with Gasteiger partial charge in [0, 0.05) is 22.9 Å². The van der Waals surface area contributed by atoms with Crippen molar-refractivity contribution in [1.82, 2.24) is 35.0 Å². The molecule has 3 aromatic heterocycles. The molecule has 42 heavy (non-hydrogen) atoms. The third kappa shape index (κ3) is 15.0. The van der Waals surface area contributed by atoms with Crippen molar-refractivity contribution in [2.45, 2.75) is 94.7 Å². The Kier molecular flexibility index (Phi) is 25.7. The van der Waals surface area contributed by atoms with Crippen molar-refractivity contribution in [2.75, 3.05) is 25.0 Å². The Morgan fingerprint density at radius 1 is 1.02 bits per heavy atom. The van der Waals surface area contributed by atoms with Crippen LogP contribution in [0.25, 0.3) is 5.52 Å². The zero-order valence-corrected chi connectivity index (χ0v) is 28.9. The molecule has 3 aromatic rings. The van der Waals surface area contributed by atoms with E-state index in [9.17, 15) is 4.79 Å². The number of hydrogen-bond donors (Lipinski definition) is 3. The van der Waals surface area contributed by atoms with E-state index < -0.39 is 0 Å². The molecular formula is C32H56N8OS. The van der Waals surface area contributed by atoms with Crippen LogP contribution in [0.15, 0.2) is 70.7 Å². The molecule has 0 aliphatic rings. The highest BCUT2D eigenvalue weighted by molar-refractivity contribution is 8.03. The van der Waals surface area contributed by atoms with Gasteiger partial charge in [0.25, 0.3) is 0 Å². The number of aromatic amines is 1.